The molecule has 1 heterocycles. The van der Waals surface area contributed by atoms with E-state index < -0.39 is 0 Å². The van der Waals surface area contributed by atoms with Gasteiger partial charge in [0, 0.05) is 19.5 Å². The lowest BCUT2D eigenvalue weighted by atomic mass is 10.4. The fourth-order valence-electron chi connectivity index (χ4n) is 1.19. The van der Waals surface area contributed by atoms with E-state index in [0.29, 0.717) is 0 Å². The first kappa shape index (κ1) is 10.4. The summed E-state index contributed by atoms with van der Waals surface area (Å²) < 4.78 is 2.75. The van der Waals surface area contributed by atoms with Gasteiger partial charge in [0.1, 0.15) is 5.82 Å². The Hall–Kier alpha value is -0.680. The van der Waals surface area contributed by atoms with Crippen LogP contribution in [0.4, 0.5) is 0 Å². The van der Waals surface area contributed by atoms with Crippen LogP contribution in [0.1, 0.15) is 12.7 Å². The molecule has 1 aromatic heterocycles. The van der Waals surface area contributed by atoms with Crippen LogP contribution in [-0.4, -0.2) is 40.3 Å². The molecule has 0 aliphatic heterocycles. The van der Waals surface area contributed by atoms with Gasteiger partial charge in [-0.3, -0.25) is 5.10 Å². The van der Waals surface area contributed by atoms with Gasteiger partial charge in [0.05, 0.1) is 0 Å². The Labute approximate surface area is 83.6 Å². The van der Waals surface area contributed by atoms with Crippen LogP contribution in [0.5, 0.6) is 0 Å². The lowest BCUT2D eigenvalue weighted by Crippen LogP contribution is -2.17. The topological polar surface area (TPSA) is 36.9 Å². The standard InChI is InChI=1S/C8H16N4S/c1-4-12-7(5-6-11(2)3)9-10-8(12)13/h4-6H2,1-3H3,(H,10,13). The molecular formula is C8H16N4S. The van der Waals surface area contributed by atoms with Gasteiger partial charge in [-0.1, -0.05) is 0 Å². The first-order valence-corrected chi connectivity index (χ1v) is 4.84. The molecule has 0 fully saturated rings. The van der Waals surface area contributed by atoms with Gasteiger partial charge in [-0.05, 0) is 33.2 Å². The number of hydrogen-bond donors (Lipinski definition) is 1. The van der Waals surface area contributed by atoms with Crippen molar-refractivity contribution in [2.45, 2.75) is 19.9 Å². The fraction of sp³-hybridized carbons (Fsp3) is 0.750. The normalized spacial score (nSPS) is 11.1. The van der Waals surface area contributed by atoms with Crippen LogP contribution >= 0.6 is 12.2 Å². The van der Waals surface area contributed by atoms with E-state index in [4.69, 9.17) is 12.2 Å². The van der Waals surface area contributed by atoms with Gasteiger partial charge in [-0.25, -0.2) is 0 Å². The highest BCUT2D eigenvalue weighted by Crippen LogP contribution is 1.99. The van der Waals surface area contributed by atoms with E-state index in [1.807, 2.05) is 4.57 Å². The summed E-state index contributed by atoms with van der Waals surface area (Å²) in [7, 11) is 4.11. The molecule has 1 aromatic rings. The number of aromatic nitrogens is 3. The fourth-order valence-corrected chi connectivity index (χ4v) is 1.47. The van der Waals surface area contributed by atoms with Crippen LogP contribution in [0.2, 0.25) is 0 Å². The molecule has 0 saturated heterocycles. The number of likely N-dealkylation sites (N-methyl/N-ethyl adjacent to an activating group) is 1. The van der Waals surface area contributed by atoms with Crippen molar-refractivity contribution in [3.8, 4) is 0 Å². The highest BCUT2D eigenvalue weighted by Gasteiger charge is 2.03. The van der Waals surface area contributed by atoms with Gasteiger partial charge < -0.3 is 9.47 Å². The zero-order chi connectivity index (χ0) is 9.84. The molecule has 13 heavy (non-hydrogen) atoms. The molecule has 0 aromatic carbocycles. The van der Waals surface area contributed by atoms with Crippen molar-refractivity contribution in [2.75, 3.05) is 20.6 Å². The molecule has 0 atom stereocenters. The van der Waals surface area contributed by atoms with Crippen LogP contribution in [0.15, 0.2) is 0 Å². The summed E-state index contributed by atoms with van der Waals surface area (Å²) in [5.74, 6) is 1.04. The van der Waals surface area contributed by atoms with Crippen molar-refractivity contribution < 1.29 is 0 Å². The Morgan fingerprint density at radius 1 is 1.54 bits per heavy atom. The third-order valence-corrected chi connectivity index (χ3v) is 2.25. The van der Waals surface area contributed by atoms with Gasteiger partial charge in [-0.15, -0.1) is 0 Å². The van der Waals surface area contributed by atoms with E-state index in [9.17, 15) is 0 Å². The van der Waals surface area contributed by atoms with E-state index in [1.165, 1.54) is 0 Å². The summed E-state index contributed by atoms with van der Waals surface area (Å²) in [5.41, 5.74) is 0. The molecule has 5 heteroatoms. The third kappa shape index (κ3) is 2.63. The van der Waals surface area contributed by atoms with E-state index in [2.05, 4.69) is 36.1 Å². The monoisotopic (exact) mass is 200 g/mol. The minimum atomic E-state index is 0.719. The first-order chi connectivity index (χ1) is 6.15. The second-order valence-corrected chi connectivity index (χ2v) is 3.63. The van der Waals surface area contributed by atoms with Crippen LogP contribution in [-0.2, 0) is 13.0 Å². The molecule has 1 N–H and O–H groups in total. The molecule has 0 amide bonds. The molecule has 0 bridgehead atoms. The summed E-state index contributed by atoms with van der Waals surface area (Å²) >= 11 is 5.08. The average molecular weight is 200 g/mol. The highest BCUT2D eigenvalue weighted by molar-refractivity contribution is 7.71. The largest absolute Gasteiger partial charge is 0.309 e. The molecule has 74 valence electrons. The predicted molar refractivity (Wildman–Crippen MR) is 55.3 cm³/mol. The van der Waals surface area contributed by atoms with Crippen LogP contribution in [0.3, 0.4) is 0 Å². The lowest BCUT2D eigenvalue weighted by Gasteiger charge is -2.08. The van der Waals surface area contributed by atoms with E-state index in [1.54, 1.807) is 0 Å². The number of rotatable bonds is 4. The van der Waals surface area contributed by atoms with Crippen molar-refractivity contribution in [3.05, 3.63) is 10.6 Å². The number of aromatic amines is 1. The summed E-state index contributed by atoms with van der Waals surface area (Å²) in [6.07, 6.45) is 0.938. The second-order valence-electron chi connectivity index (χ2n) is 3.24. The maximum atomic E-state index is 5.08. The number of hydrogen-bond acceptors (Lipinski definition) is 3. The SMILES string of the molecule is CCn1c(CCN(C)C)n[nH]c1=S. The van der Waals surface area contributed by atoms with Crippen LogP contribution < -0.4 is 0 Å². The van der Waals surface area contributed by atoms with Gasteiger partial charge >= 0.3 is 0 Å². The van der Waals surface area contributed by atoms with Crippen LogP contribution in [0, 0.1) is 4.77 Å². The summed E-state index contributed by atoms with van der Waals surface area (Å²) in [5, 5.41) is 6.99. The number of nitrogens with zero attached hydrogens (tertiary/aromatic N) is 3. The zero-order valence-electron chi connectivity index (χ0n) is 8.37. The molecule has 0 saturated carbocycles. The van der Waals surface area contributed by atoms with Crippen molar-refractivity contribution in [1.82, 2.24) is 19.7 Å². The molecule has 1 rings (SSSR count). The van der Waals surface area contributed by atoms with E-state index >= 15 is 0 Å². The van der Waals surface area contributed by atoms with Gasteiger partial charge in [0.25, 0.3) is 0 Å². The quantitative estimate of drug-likeness (QED) is 0.739. The Bertz CT molecular complexity index is 312. The van der Waals surface area contributed by atoms with Gasteiger partial charge in [0.15, 0.2) is 4.77 Å². The lowest BCUT2D eigenvalue weighted by molar-refractivity contribution is 0.406. The Morgan fingerprint density at radius 2 is 2.23 bits per heavy atom. The van der Waals surface area contributed by atoms with Crippen molar-refractivity contribution >= 4 is 12.2 Å². The Balaban J connectivity index is 2.71. The smallest absolute Gasteiger partial charge is 0.195 e. The minimum absolute atomic E-state index is 0.719. The van der Waals surface area contributed by atoms with Gasteiger partial charge in [-0.2, -0.15) is 5.10 Å². The Morgan fingerprint density at radius 3 is 2.77 bits per heavy atom. The predicted octanol–water partition coefficient (Wildman–Crippen LogP) is 1.06. The maximum Gasteiger partial charge on any atom is 0.195 e. The molecule has 0 spiro atoms. The average Bonchev–Trinajstić information content (AvgIpc) is 2.42. The summed E-state index contributed by atoms with van der Waals surface area (Å²) in [6.45, 7) is 3.96. The molecule has 4 nitrogen and oxygen atoms in total. The van der Waals surface area contributed by atoms with E-state index in [0.717, 1.165) is 30.1 Å². The van der Waals surface area contributed by atoms with Crippen molar-refractivity contribution in [3.63, 3.8) is 0 Å². The van der Waals surface area contributed by atoms with Crippen LogP contribution in [0.25, 0.3) is 0 Å². The maximum absolute atomic E-state index is 5.08. The number of nitrogens with one attached hydrogen (secondary N) is 1. The molecule has 0 aliphatic rings. The Kier molecular flexibility index (Phi) is 3.62. The number of H-pyrrole nitrogens is 1. The first-order valence-electron chi connectivity index (χ1n) is 4.44. The second kappa shape index (κ2) is 4.53. The van der Waals surface area contributed by atoms with E-state index in [-0.39, 0.29) is 0 Å². The molecule has 0 aliphatic carbocycles. The highest BCUT2D eigenvalue weighted by atomic mass is 32.1. The molecule has 0 radical (unpaired) electrons. The summed E-state index contributed by atoms with van der Waals surface area (Å²) in [4.78, 5) is 2.14. The van der Waals surface area contributed by atoms with Crippen molar-refractivity contribution in [2.24, 2.45) is 0 Å². The summed E-state index contributed by atoms with van der Waals surface area (Å²) in [6, 6.07) is 0. The zero-order valence-corrected chi connectivity index (χ0v) is 9.19. The third-order valence-electron chi connectivity index (χ3n) is 1.94. The minimum Gasteiger partial charge on any atom is -0.309 e. The van der Waals surface area contributed by atoms with Crippen molar-refractivity contribution in [1.29, 1.82) is 0 Å². The molecular weight excluding hydrogens is 184 g/mol. The molecule has 0 unspecified atom stereocenters. The van der Waals surface area contributed by atoms with Gasteiger partial charge in [0.2, 0.25) is 0 Å².